The maximum atomic E-state index is 7.75. The molecule has 0 atom stereocenters. The van der Waals surface area contributed by atoms with Crippen LogP contribution in [-0.2, 0) is 0 Å². The number of guanidine groups is 1. The van der Waals surface area contributed by atoms with Gasteiger partial charge >= 0.3 is 0 Å². The molecule has 0 heterocycles. The molecule has 0 fully saturated rings. The molecular weight excluding hydrogens is 119 g/mol. The highest BCUT2D eigenvalue weighted by molar-refractivity contribution is 5.85. The number of nitrogens with zero attached hydrogens (tertiary/aromatic N) is 1. The van der Waals surface area contributed by atoms with E-state index in [1.807, 2.05) is 0 Å². The maximum Gasteiger partial charge on any atom is 0.234 e. The van der Waals surface area contributed by atoms with Gasteiger partial charge in [0.25, 0.3) is 0 Å². The first-order chi connectivity index (χ1) is 2.81. The lowest BCUT2D eigenvalue weighted by Crippen LogP contribution is -2.29. The predicted octanol–water partition coefficient (Wildman–Crippen LogP) is -1.42. The van der Waals surface area contributed by atoms with Gasteiger partial charge in [-0.25, -0.2) is 5.48 Å². The predicted molar refractivity (Wildman–Crippen MR) is 28.0 cm³/mol. The van der Waals surface area contributed by atoms with Crippen molar-refractivity contribution < 1.29 is 5.21 Å². The van der Waals surface area contributed by atoms with E-state index in [9.17, 15) is 0 Å². The van der Waals surface area contributed by atoms with Crippen molar-refractivity contribution in [1.82, 2.24) is 5.48 Å². The molecule has 6 N–H and O–H groups in total. The lowest BCUT2D eigenvalue weighted by molar-refractivity contribution is 0.232. The monoisotopic (exact) mass is 126 g/mol. The van der Waals surface area contributed by atoms with Crippen molar-refractivity contribution >= 4 is 18.4 Å². The van der Waals surface area contributed by atoms with Gasteiger partial charge in [0.2, 0.25) is 5.96 Å². The average Bonchev–Trinajstić information content (AvgIpc) is 1.65. The third-order valence-electron chi connectivity index (χ3n) is 0.254. The van der Waals surface area contributed by atoms with E-state index in [2.05, 4.69) is 10.9 Å². The molecule has 0 aromatic heterocycles. The fourth-order valence-electron chi connectivity index (χ4n) is 0.0289. The van der Waals surface area contributed by atoms with Gasteiger partial charge < -0.3 is 11.6 Å². The van der Waals surface area contributed by atoms with E-state index in [1.54, 1.807) is 0 Å². The van der Waals surface area contributed by atoms with Crippen LogP contribution in [0.3, 0.4) is 0 Å². The van der Waals surface area contributed by atoms with Crippen molar-refractivity contribution in [2.24, 2.45) is 16.7 Å². The van der Waals surface area contributed by atoms with Gasteiger partial charge in [0.1, 0.15) is 0 Å². The molecule has 0 unspecified atom stereocenters. The van der Waals surface area contributed by atoms with Crippen LogP contribution in [0.5, 0.6) is 0 Å². The number of halogens is 1. The lowest BCUT2D eigenvalue weighted by atomic mass is 11.1. The third-order valence-corrected chi connectivity index (χ3v) is 0.254. The summed E-state index contributed by atoms with van der Waals surface area (Å²) in [5.41, 5.74) is 6.25. The minimum atomic E-state index is -0.199. The number of nitrogens with one attached hydrogen (secondary N) is 1. The lowest BCUT2D eigenvalue weighted by Gasteiger charge is -1.88. The van der Waals surface area contributed by atoms with E-state index in [-0.39, 0.29) is 18.4 Å². The Balaban J connectivity index is 0. The van der Waals surface area contributed by atoms with E-state index in [1.165, 1.54) is 5.48 Å². The standard InChI is InChI=1S/CH6N4O.ClH/c2-1(4-3)5-6;/h6H,3H2,(H3,2,4,5);1H. The minimum absolute atomic E-state index is 0. The molecule has 0 saturated carbocycles. The highest BCUT2D eigenvalue weighted by Crippen LogP contribution is 1.41. The van der Waals surface area contributed by atoms with E-state index in [0.717, 1.165) is 0 Å². The molecule has 0 aromatic carbocycles. The number of nitrogens with two attached hydrogens (primary N) is 2. The Kier molecular flexibility index (Phi) is 7.28. The Morgan fingerprint density at radius 1 is 1.71 bits per heavy atom. The van der Waals surface area contributed by atoms with Crippen LogP contribution in [-0.4, -0.2) is 11.2 Å². The van der Waals surface area contributed by atoms with Gasteiger partial charge in [-0.05, 0) is 0 Å². The average molecular weight is 127 g/mol. The number of hydroxylamine groups is 1. The second kappa shape index (κ2) is 5.32. The van der Waals surface area contributed by atoms with Gasteiger partial charge in [0.15, 0.2) is 0 Å². The van der Waals surface area contributed by atoms with Crippen molar-refractivity contribution in [3.05, 3.63) is 0 Å². The molecule has 6 heteroatoms. The van der Waals surface area contributed by atoms with E-state index in [0.29, 0.717) is 0 Å². The quantitative estimate of drug-likeness (QED) is 0.139. The summed E-state index contributed by atoms with van der Waals surface area (Å²) in [7, 11) is 0. The number of rotatable bonds is 0. The Bertz CT molecular complexity index is 62.7. The van der Waals surface area contributed by atoms with Crippen LogP contribution in [0.4, 0.5) is 0 Å². The van der Waals surface area contributed by atoms with Crippen LogP contribution in [0, 0.1) is 0 Å². The Hall–Kier alpha value is -0.680. The third kappa shape index (κ3) is 5.32. The Morgan fingerprint density at radius 3 is 2.14 bits per heavy atom. The zero-order valence-electron chi connectivity index (χ0n) is 3.46. The second-order valence-corrected chi connectivity index (χ2v) is 0.626. The van der Waals surface area contributed by atoms with E-state index < -0.39 is 0 Å². The first-order valence-electron chi connectivity index (χ1n) is 1.24. The molecule has 0 aliphatic heterocycles. The molecule has 0 saturated heterocycles. The number of hydrazone groups is 1. The Morgan fingerprint density at radius 2 is 2.14 bits per heavy atom. The summed E-state index contributed by atoms with van der Waals surface area (Å²) in [5, 5.41) is 10.6. The van der Waals surface area contributed by atoms with Crippen LogP contribution in [0.25, 0.3) is 0 Å². The van der Waals surface area contributed by atoms with Crippen molar-refractivity contribution in [1.29, 1.82) is 0 Å². The fraction of sp³-hybridized carbons (Fsp3) is 0. The minimum Gasteiger partial charge on any atom is -0.367 e. The molecule has 0 radical (unpaired) electrons. The number of hydrogen-bond donors (Lipinski definition) is 4. The van der Waals surface area contributed by atoms with E-state index >= 15 is 0 Å². The largest absolute Gasteiger partial charge is 0.367 e. The van der Waals surface area contributed by atoms with Gasteiger partial charge in [-0.1, -0.05) is 0 Å². The van der Waals surface area contributed by atoms with Gasteiger partial charge in [0.05, 0.1) is 0 Å². The Labute approximate surface area is 46.7 Å². The molecule has 0 bridgehead atoms. The highest BCUT2D eigenvalue weighted by atomic mass is 35.5. The van der Waals surface area contributed by atoms with Crippen LogP contribution in [0.2, 0.25) is 0 Å². The molecule has 0 rings (SSSR count). The number of hydrogen-bond acceptors (Lipinski definition) is 3. The van der Waals surface area contributed by atoms with Gasteiger partial charge in [0, 0.05) is 0 Å². The topological polar surface area (TPSA) is 96.7 Å². The SMILES string of the molecule is Cl.N/N=C(/N)NO. The summed E-state index contributed by atoms with van der Waals surface area (Å²) in [4.78, 5) is 0. The summed E-state index contributed by atoms with van der Waals surface area (Å²) in [6.45, 7) is 0. The molecule has 44 valence electrons. The summed E-state index contributed by atoms with van der Waals surface area (Å²) < 4.78 is 0. The zero-order chi connectivity index (χ0) is 4.99. The van der Waals surface area contributed by atoms with Crippen LogP contribution in [0.15, 0.2) is 5.10 Å². The normalized spacial score (nSPS) is 9.57. The summed E-state index contributed by atoms with van der Waals surface area (Å²) in [5.74, 6) is 4.32. The first-order valence-corrected chi connectivity index (χ1v) is 1.24. The van der Waals surface area contributed by atoms with Crippen molar-refractivity contribution in [3.63, 3.8) is 0 Å². The maximum absolute atomic E-state index is 7.75. The first kappa shape index (κ1) is 9.58. The molecule has 7 heavy (non-hydrogen) atoms. The van der Waals surface area contributed by atoms with Crippen LogP contribution in [0.1, 0.15) is 0 Å². The van der Waals surface area contributed by atoms with Crippen molar-refractivity contribution in [3.8, 4) is 0 Å². The van der Waals surface area contributed by atoms with Crippen LogP contribution < -0.4 is 17.1 Å². The van der Waals surface area contributed by atoms with E-state index in [4.69, 9.17) is 10.9 Å². The van der Waals surface area contributed by atoms with Crippen LogP contribution >= 0.6 is 12.4 Å². The van der Waals surface area contributed by atoms with Gasteiger partial charge in [-0.15, -0.1) is 17.5 Å². The molecule has 0 aromatic rings. The summed E-state index contributed by atoms with van der Waals surface area (Å²) >= 11 is 0. The molecule has 0 aliphatic carbocycles. The smallest absolute Gasteiger partial charge is 0.234 e. The van der Waals surface area contributed by atoms with Crippen molar-refractivity contribution in [2.75, 3.05) is 0 Å². The molecule has 0 amide bonds. The summed E-state index contributed by atoms with van der Waals surface area (Å²) in [6.07, 6.45) is 0. The van der Waals surface area contributed by atoms with Gasteiger partial charge in [-0.3, -0.25) is 5.21 Å². The van der Waals surface area contributed by atoms with Crippen molar-refractivity contribution in [2.45, 2.75) is 0 Å². The second-order valence-electron chi connectivity index (χ2n) is 0.626. The highest BCUT2D eigenvalue weighted by Gasteiger charge is 1.74. The molecular formula is CH7ClN4O. The molecule has 5 nitrogen and oxygen atoms in total. The molecule has 0 spiro atoms. The van der Waals surface area contributed by atoms with Gasteiger partial charge in [-0.2, -0.15) is 0 Å². The summed E-state index contributed by atoms with van der Waals surface area (Å²) in [6, 6.07) is 0. The molecule has 0 aliphatic rings. The zero-order valence-corrected chi connectivity index (χ0v) is 4.27. The fourth-order valence-corrected chi connectivity index (χ4v) is 0.0289.